The minimum absolute atomic E-state index is 0.0119. The second kappa shape index (κ2) is 8.73. The molecule has 0 radical (unpaired) electrons. The van der Waals surface area contributed by atoms with Crippen LogP contribution in [0.4, 0.5) is 0 Å². The molecule has 2 aromatic rings. The van der Waals surface area contributed by atoms with Gasteiger partial charge in [-0.2, -0.15) is 0 Å². The minimum atomic E-state index is -3.05. The summed E-state index contributed by atoms with van der Waals surface area (Å²) >= 11 is 7.49. The van der Waals surface area contributed by atoms with Crippen molar-refractivity contribution in [3.8, 4) is 0 Å². The van der Waals surface area contributed by atoms with Gasteiger partial charge < -0.3 is 10.2 Å². The highest BCUT2D eigenvalue weighted by Gasteiger charge is 2.34. The summed E-state index contributed by atoms with van der Waals surface area (Å²) in [6.45, 7) is 2.60. The van der Waals surface area contributed by atoms with Gasteiger partial charge in [0.05, 0.1) is 24.6 Å². The van der Waals surface area contributed by atoms with Crippen molar-refractivity contribution in [1.82, 2.24) is 10.2 Å². The van der Waals surface area contributed by atoms with Gasteiger partial charge in [0.2, 0.25) is 5.91 Å². The second-order valence-electron chi connectivity index (χ2n) is 6.81. The van der Waals surface area contributed by atoms with Crippen molar-refractivity contribution < 1.29 is 13.2 Å². The number of rotatable bonds is 7. The molecule has 1 saturated heterocycles. The maximum absolute atomic E-state index is 12.9. The first-order valence-electron chi connectivity index (χ1n) is 8.85. The van der Waals surface area contributed by atoms with Gasteiger partial charge >= 0.3 is 0 Å². The van der Waals surface area contributed by atoms with E-state index < -0.39 is 9.84 Å². The van der Waals surface area contributed by atoms with Crippen molar-refractivity contribution in [2.45, 2.75) is 32.0 Å². The molecule has 2 heterocycles. The van der Waals surface area contributed by atoms with Crippen molar-refractivity contribution in [2.24, 2.45) is 0 Å². The monoisotopic (exact) mass is 426 g/mol. The van der Waals surface area contributed by atoms with E-state index in [2.05, 4.69) is 5.32 Å². The Morgan fingerprint density at radius 2 is 2.07 bits per heavy atom. The SMILES string of the molecule is CC(NCC(=O)N(Cc1cccs1)C1CCS(=O)(=O)C1)c1ccc(Cl)cc1. The van der Waals surface area contributed by atoms with Crippen LogP contribution < -0.4 is 5.32 Å². The molecule has 0 spiro atoms. The number of carbonyl (C=O) groups is 1. The van der Waals surface area contributed by atoms with E-state index in [0.29, 0.717) is 18.0 Å². The molecule has 0 saturated carbocycles. The zero-order valence-electron chi connectivity index (χ0n) is 15.1. The molecule has 27 heavy (non-hydrogen) atoms. The lowest BCUT2D eigenvalue weighted by Gasteiger charge is -2.28. The number of halogens is 1. The lowest BCUT2D eigenvalue weighted by atomic mass is 10.1. The van der Waals surface area contributed by atoms with Crippen LogP contribution in [0.5, 0.6) is 0 Å². The summed E-state index contributed by atoms with van der Waals surface area (Å²) in [4.78, 5) is 15.7. The molecule has 0 bridgehead atoms. The summed E-state index contributed by atoms with van der Waals surface area (Å²) in [5, 5.41) is 5.88. The van der Waals surface area contributed by atoms with E-state index in [1.165, 1.54) is 0 Å². The molecule has 3 rings (SSSR count). The van der Waals surface area contributed by atoms with Crippen LogP contribution in [-0.2, 0) is 21.2 Å². The summed E-state index contributed by atoms with van der Waals surface area (Å²) in [6, 6.07) is 11.1. The van der Waals surface area contributed by atoms with Gasteiger partial charge in [0.1, 0.15) is 0 Å². The number of sulfone groups is 1. The quantitative estimate of drug-likeness (QED) is 0.737. The summed E-state index contributed by atoms with van der Waals surface area (Å²) in [7, 11) is -3.05. The first-order valence-corrected chi connectivity index (χ1v) is 11.9. The summed E-state index contributed by atoms with van der Waals surface area (Å²) in [5.74, 6) is 0.128. The molecule has 8 heteroatoms. The van der Waals surface area contributed by atoms with E-state index in [1.807, 2.05) is 48.7 Å². The number of nitrogens with one attached hydrogen (secondary N) is 1. The third kappa shape index (κ3) is 5.54. The number of hydrogen-bond acceptors (Lipinski definition) is 5. The van der Waals surface area contributed by atoms with Crippen molar-refractivity contribution in [2.75, 3.05) is 18.1 Å². The molecule has 0 aliphatic carbocycles. The van der Waals surface area contributed by atoms with Crippen molar-refractivity contribution >= 4 is 38.7 Å². The lowest BCUT2D eigenvalue weighted by molar-refractivity contribution is -0.132. The zero-order valence-corrected chi connectivity index (χ0v) is 17.5. The predicted octanol–water partition coefficient (Wildman–Crippen LogP) is 3.27. The molecule has 1 aromatic carbocycles. The van der Waals surface area contributed by atoms with Crippen LogP contribution in [0.1, 0.15) is 29.8 Å². The van der Waals surface area contributed by atoms with Crippen LogP contribution in [0.2, 0.25) is 5.02 Å². The third-order valence-electron chi connectivity index (χ3n) is 4.81. The highest BCUT2D eigenvalue weighted by molar-refractivity contribution is 7.91. The molecular formula is C19H23ClN2O3S2. The van der Waals surface area contributed by atoms with Crippen molar-refractivity contribution in [3.63, 3.8) is 0 Å². The van der Waals surface area contributed by atoms with E-state index in [9.17, 15) is 13.2 Å². The van der Waals surface area contributed by atoms with Gasteiger partial charge in [-0.15, -0.1) is 11.3 Å². The Bertz CT molecular complexity index is 867. The number of carbonyl (C=O) groups excluding carboxylic acids is 1. The fourth-order valence-electron chi connectivity index (χ4n) is 3.22. The molecule has 1 fully saturated rings. The Hall–Kier alpha value is -1.41. The molecule has 1 aliphatic rings. The van der Waals surface area contributed by atoms with Gasteiger partial charge in [-0.25, -0.2) is 8.42 Å². The molecular weight excluding hydrogens is 404 g/mol. The van der Waals surface area contributed by atoms with Crippen LogP contribution in [0, 0.1) is 0 Å². The normalized spacial score (nSPS) is 19.7. The highest BCUT2D eigenvalue weighted by Crippen LogP contribution is 2.22. The lowest BCUT2D eigenvalue weighted by Crippen LogP contribution is -2.45. The molecule has 1 aliphatic heterocycles. The fraction of sp³-hybridized carbons (Fsp3) is 0.421. The van der Waals surface area contributed by atoms with E-state index in [-0.39, 0.29) is 36.0 Å². The van der Waals surface area contributed by atoms with E-state index >= 15 is 0 Å². The van der Waals surface area contributed by atoms with Gasteiger partial charge in [-0.3, -0.25) is 4.79 Å². The standard InChI is InChI=1S/C19H23ClN2O3S2/c1-14(15-4-6-16(20)7-5-15)21-11-19(23)22(12-18-3-2-9-26-18)17-8-10-27(24,25)13-17/h2-7,9,14,17,21H,8,10-13H2,1H3. The number of thiophene rings is 1. The molecule has 1 N–H and O–H groups in total. The average Bonchev–Trinajstić information content (AvgIpc) is 3.27. The van der Waals surface area contributed by atoms with Crippen molar-refractivity contribution in [1.29, 1.82) is 0 Å². The van der Waals surface area contributed by atoms with Gasteiger partial charge in [-0.05, 0) is 42.5 Å². The first kappa shape index (κ1) is 20.3. The molecule has 1 amide bonds. The van der Waals surface area contributed by atoms with E-state index in [4.69, 9.17) is 11.6 Å². The predicted molar refractivity (Wildman–Crippen MR) is 110 cm³/mol. The number of benzene rings is 1. The Morgan fingerprint density at radius 3 is 2.67 bits per heavy atom. The Labute approximate surface area is 169 Å². The number of amides is 1. The Kier molecular flexibility index (Phi) is 6.57. The number of hydrogen-bond donors (Lipinski definition) is 1. The van der Waals surface area contributed by atoms with Crippen LogP contribution in [0.25, 0.3) is 0 Å². The average molecular weight is 427 g/mol. The van der Waals surface area contributed by atoms with Gasteiger partial charge in [0.15, 0.2) is 9.84 Å². The topological polar surface area (TPSA) is 66.5 Å². The van der Waals surface area contributed by atoms with Gasteiger partial charge in [0, 0.05) is 22.0 Å². The van der Waals surface area contributed by atoms with E-state index in [0.717, 1.165) is 10.4 Å². The van der Waals surface area contributed by atoms with Crippen LogP contribution in [0.3, 0.4) is 0 Å². The summed E-state index contributed by atoms with van der Waals surface area (Å²) in [6.07, 6.45) is 0.506. The molecule has 5 nitrogen and oxygen atoms in total. The maximum Gasteiger partial charge on any atom is 0.237 e. The fourth-order valence-corrected chi connectivity index (χ4v) is 5.78. The maximum atomic E-state index is 12.9. The molecule has 2 unspecified atom stereocenters. The largest absolute Gasteiger partial charge is 0.332 e. The minimum Gasteiger partial charge on any atom is -0.332 e. The van der Waals surface area contributed by atoms with Crippen LogP contribution in [0.15, 0.2) is 41.8 Å². The van der Waals surface area contributed by atoms with Gasteiger partial charge in [-0.1, -0.05) is 29.8 Å². The third-order valence-corrected chi connectivity index (χ3v) is 7.67. The van der Waals surface area contributed by atoms with E-state index in [1.54, 1.807) is 16.2 Å². The second-order valence-corrected chi connectivity index (χ2v) is 10.5. The Balaban J connectivity index is 1.66. The number of nitrogens with zero attached hydrogens (tertiary/aromatic N) is 1. The summed E-state index contributed by atoms with van der Waals surface area (Å²) < 4.78 is 23.8. The van der Waals surface area contributed by atoms with Crippen molar-refractivity contribution in [3.05, 3.63) is 57.2 Å². The zero-order chi connectivity index (χ0) is 19.4. The highest BCUT2D eigenvalue weighted by atomic mass is 35.5. The smallest absolute Gasteiger partial charge is 0.237 e. The molecule has 1 aromatic heterocycles. The van der Waals surface area contributed by atoms with Crippen LogP contribution >= 0.6 is 22.9 Å². The summed E-state index contributed by atoms with van der Waals surface area (Å²) in [5.41, 5.74) is 1.04. The molecule has 146 valence electrons. The van der Waals surface area contributed by atoms with Crippen LogP contribution in [-0.4, -0.2) is 43.3 Å². The first-order chi connectivity index (χ1) is 12.8. The Morgan fingerprint density at radius 1 is 1.33 bits per heavy atom. The molecule has 2 atom stereocenters. The van der Waals surface area contributed by atoms with Gasteiger partial charge in [0.25, 0.3) is 0 Å².